The van der Waals surface area contributed by atoms with Crippen LogP contribution in [0.15, 0.2) is 6.07 Å². The molecular formula is C16H26N4. The molecule has 0 aliphatic carbocycles. The molecule has 0 aromatic carbocycles. The van der Waals surface area contributed by atoms with Gasteiger partial charge in [-0.1, -0.05) is 20.8 Å². The summed E-state index contributed by atoms with van der Waals surface area (Å²) < 4.78 is 0. The highest BCUT2D eigenvalue weighted by Crippen LogP contribution is 2.36. The van der Waals surface area contributed by atoms with Crippen LogP contribution in [-0.2, 0) is 0 Å². The minimum absolute atomic E-state index is 0.115. The van der Waals surface area contributed by atoms with Crippen molar-refractivity contribution in [3.63, 3.8) is 0 Å². The zero-order chi connectivity index (χ0) is 15.1. The number of hydrogen-bond donors (Lipinski definition) is 2. The molecule has 1 unspecified atom stereocenters. The summed E-state index contributed by atoms with van der Waals surface area (Å²) in [6.07, 6.45) is 1.18. The molecule has 1 aliphatic heterocycles. The first-order valence-corrected chi connectivity index (χ1v) is 7.27. The standard InChI is InChI=1S/C16H26N4/c1-10-8-11(2)19-15(13(10)14(17)18)20-7-6-12(9-20)16(3,4)5/h8,12H,6-7,9H2,1-5H3,(H3,17,18). The van der Waals surface area contributed by atoms with E-state index in [0.29, 0.717) is 11.3 Å². The fourth-order valence-electron chi connectivity index (χ4n) is 3.04. The highest BCUT2D eigenvalue weighted by Gasteiger charge is 2.33. The summed E-state index contributed by atoms with van der Waals surface area (Å²) in [4.78, 5) is 6.96. The average Bonchev–Trinajstić information content (AvgIpc) is 2.75. The molecule has 0 saturated carbocycles. The second-order valence-electron chi connectivity index (χ2n) is 6.99. The first kappa shape index (κ1) is 14.8. The molecule has 1 saturated heterocycles. The van der Waals surface area contributed by atoms with E-state index in [0.717, 1.165) is 35.7 Å². The normalized spacial score (nSPS) is 19.4. The molecule has 1 atom stereocenters. The summed E-state index contributed by atoms with van der Waals surface area (Å²) in [5.74, 6) is 1.66. The van der Waals surface area contributed by atoms with Gasteiger partial charge in [0.15, 0.2) is 0 Å². The third-order valence-electron chi connectivity index (χ3n) is 4.31. The van der Waals surface area contributed by atoms with E-state index in [-0.39, 0.29) is 5.84 Å². The molecule has 110 valence electrons. The number of aromatic nitrogens is 1. The van der Waals surface area contributed by atoms with Crippen molar-refractivity contribution in [2.24, 2.45) is 17.1 Å². The molecule has 0 spiro atoms. The number of amidine groups is 1. The second-order valence-corrected chi connectivity index (χ2v) is 6.99. The Morgan fingerprint density at radius 2 is 2.05 bits per heavy atom. The van der Waals surface area contributed by atoms with Crippen molar-refractivity contribution in [1.82, 2.24) is 4.98 Å². The van der Waals surface area contributed by atoms with Gasteiger partial charge in [-0.25, -0.2) is 4.98 Å². The predicted molar refractivity (Wildman–Crippen MR) is 84.5 cm³/mol. The minimum atomic E-state index is 0.115. The fourth-order valence-corrected chi connectivity index (χ4v) is 3.04. The van der Waals surface area contributed by atoms with Gasteiger partial charge in [-0.05, 0) is 43.2 Å². The van der Waals surface area contributed by atoms with Crippen molar-refractivity contribution in [2.45, 2.75) is 41.0 Å². The van der Waals surface area contributed by atoms with E-state index in [1.807, 2.05) is 19.9 Å². The van der Waals surface area contributed by atoms with E-state index in [4.69, 9.17) is 11.1 Å². The Labute approximate surface area is 121 Å². The van der Waals surface area contributed by atoms with E-state index in [1.54, 1.807) is 0 Å². The van der Waals surface area contributed by atoms with Crippen LogP contribution >= 0.6 is 0 Å². The van der Waals surface area contributed by atoms with Crippen LogP contribution in [0.3, 0.4) is 0 Å². The van der Waals surface area contributed by atoms with Gasteiger partial charge in [-0.2, -0.15) is 0 Å². The number of aryl methyl sites for hydroxylation is 2. The predicted octanol–water partition coefficient (Wildman–Crippen LogP) is 2.85. The summed E-state index contributed by atoms with van der Waals surface area (Å²) in [6.45, 7) is 12.9. The molecule has 1 fully saturated rings. The van der Waals surface area contributed by atoms with E-state index < -0.39 is 0 Å². The summed E-state index contributed by atoms with van der Waals surface area (Å²) in [5.41, 5.74) is 8.90. The lowest BCUT2D eigenvalue weighted by Gasteiger charge is -2.28. The number of pyridine rings is 1. The van der Waals surface area contributed by atoms with Crippen molar-refractivity contribution in [2.75, 3.05) is 18.0 Å². The summed E-state index contributed by atoms with van der Waals surface area (Å²) in [5, 5.41) is 7.84. The van der Waals surface area contributed by atoms with Gasteiger partial charge in [0.1, 0.15) is 11.7 Å². The molecule has 0 amide bonds. The van der Waals surface area contributed by atoms with Crippen molar-refractivity contribution >= 4 is 11.7 Å². The van der Waals surface area contributed by atoms with Crippen LogP contribution in [0.5, 0.6) is 0 Å². The molecular weight excluding hydrogens is 248 g/mol. The van der Waals surface area contributed by atoms with E-state index in [9.17, 15) is 0 Å². The zero-order valence-electron chi connectivity index (χ0n) is 13.2. The monoisotopic (exact) mass is 274 g/mol. The quantitative estimate of drug-likeness (QED) is 0.644. The number of anilines is 1. The van der Waals surface area contributed by atoms with Gasteiger partial charge >= 0.3 is 0 Å². The number of nitrogens with two attached hydrogens (primary N) is 1. The molecule has 2 heterocycles. The molecule has 3 N–H and O–H groups in total. The number of hydrogen-bond acceptors (Lipinski definition) is 3. The van der Waals surface area contributed by atoms with Crippen molar-refractivity contribution in [3.05, 3.63) is 22.9 Å². The Hall–Kier alpha value is -1.58. The third kappa shape index (κ3) is 2.79. The molecule has 1 aliphatic rings. The molecule has 4 heteroatoms. The lowest BCUT2D eigenvalue weighted by atomic mass is 9.80. The Morgan fingerprint density at radius 1 is 1.40 bits per heavy atom. The van der Waals surface area contributed by atoms with Gasteiger partial charge in [-0.15, -0.1) is 0 Å². The highest BCUT2D eigenvalue weighted by molar-refractivity contribution is 6.01. The largest absolute Gasteiger partial charge is 0.384 e. The minimum Gasteiger partial charge on any atom is -0.384 e. The van der Waals surface area contributed by atoms with Gasteiger partial charge < -0.3 is 10.6 Å². The van der Waals surface area contributed by atoms with E-state index in [1.165, 1.54) is 6.42 Å². The van der Waals surface area contributed by atoms with Crippen LogP contribution in [-0.4, -0.2) is 23.9 Å². The maximum atomic E-state index is 7.84. The van der Waals surface area contributed by atoms with Crippen LogP contribution < -0.4 is 10.6 Å². The first-order chi connectivity index (χ1) is 9.20. The summed E-state index contributed by atoms with van der Waals surface area (Å²) in [7, 11) is 0. The highest BCUT2D eigenvalue weighted by atomic mass is 15.2. The fraction of sp³-hybridized carbons (Fsp3) is 0.625. The van der Waals surface area contributed by atoms with Gasteiger partial charge in [-0.3, -0.25) is 5.41 Å². The molecule has 0 radical (unpaired) electrons. The van der Waals surface area contributed by atoms with E-state index >= 15 is 0 Å². The van der Waals surface area contributed by atoms with Gasteiger partial charge in [0.2, 0.25) is 0 Å². The summed E-state index contributed by atoms with van der Waals surface area (Å²) in [6, 6.07) is 2.00. The van der Waals surface area contributed by atoms with Crippen LogP contribution in [0.4, 0.5) is 5.82 Å². The number of rotatable bonds is 2. The number of nitrogens with one attached hydrogen (secondary N) is 1. The lowest BCUT2D eigenvalue weighted by Crippen LogP contribution is -2.29. The Kier molecular flexibility index (Phi) is 3.76. The molecule has 4 nitrogen and oxygen atoms in total. The maximum Gasteiger partial charge on any atom is 0.140 e. The Balaban J connectivity index is 2.37. The van der Waals surface area contributed by atoms with Gasteiger partial charge in [0.05, 0.1) is 5.56 Å². The van der Waals surface area contributed by atoms with Crippen LogP contribution in [0.25, 0.3) is 0 Å². The van der Waals surface area contributed by atoms with Gasteiger partial charge in [0.25, 0.3) is 0 Å². The molecule has 2 rings (SSSR count). The first-order valence-electron chi connectivity index (χ1n) is 7.27. The number of nitrogens with zero attached hydrogens (tertiary/aromatic N) is 2. The van der Waals surface area contributed by atoms with Crippen molar-refractivity contribution in [1.29, 1.82) is 5.41 Å². The SMILES string of the molecule is Cc1cc(C)c(C(=N)N)c(N2CCC(C(C)(C)C)C2)n1. The van der Waals surface area contributed by atoms with Gasteiger partial charge in [0, 0.05) is 18.8 Å². The Bertz CT molecular complexity index is 528. The zero-order valence-corrected chi connectivity index (χ0v) is 13.2. The molecule has 20 heavy (non-hydrogen) atoms. The molecule has 1 aromatic rings. The number of nitrogen functional groups attached to an aromatic ring is 1. The Morgan fingerprint density at radius 3 is 2.55 bits per heavy atom. The molecule has 1 aromatic heterocycles. The van der Waals surface area contributed by atoms with Crippen molar-refractivity contribution in [3.8, 4) is 0 Å². The maximum absolute atomic E-state index is 7.84. The van der Waals surface area contributed by atoms with Crippen LogP contribution in [0, 0.1) is 30.6 Å². The van der Waals surface area contributed by atoms with Crippen LogP contribution in [0.2, 0.25) is 0 Å². The molecule has 0 bridgehead atoms. The van der Waals surface area contributed by atoms with Crippen molar-refractivity contribution < 1.29 is 0 Å². The van der Waals surface area contributed by atoms with E-state index in [2.05, 4.69) is 30.7 Å². The third-order valence-corrected chi connectivity index (χ3v) is 4.31. The lowest BCUT2D eigenvalue weighted by molar-refractivity contribution is 0.263. The smallest absolute Gasteiger partial charge is 0.140 e. The average molecular weight is 274 g/mol. The topological polar surface area (TPSA) is 66.0 Å². The van der Waals surface area contributed by atoms with Crippen LogP contribution in [0.1, 0.15) is 44.0 Å². The summed E-state index contributed by atoms with van der Waals surface area (Å²) >= 11 is 0. The second kappa shape index (κ2) is 5.08.